The van der Waals surface area contributed by atoms with Gasteiger partial charge in [0.15, 0.2) is 0 Å². The Morgan fingerprint density at radius 1 is 1.08 bits per heavy atom. The van der Waals surface area contributed by atoms with E-state index in [-0.39, 0.29) is 6.04 Å². The lowest BCUT2D eigenvalue weighted by molar-refractivity contribution is 0.323. The maximum atomic E-state index is 12.3. The van der Waals surface area contributed by atoms with Crippen molar-refractivity contribution < 1.29 is 8.42 Å². The second-order valence-electron chi connectivity index (χ2n) is 6.81. The molecule has 5 nitrogen and oxygen atoms in total. The predicted molar refractivity (Wildman–Crippen MR) is 99.8 cm³/mol. The Hall–Kier alpha value is -1.73. The number of nitrogens with two attached hydrogens (primary N) is 1. The van der Waals surface area contributed by atoms with E-state index in [0.717, 1.165) is 18.7 Å². The SMILES string of the molecule is CN(C)S(=O)(=O)c1cccc(CN2C[C@@H](N)[C@H](c3ccccc3)C2)c1. The fourth-order valence-electron chi connectivity index (χ4n) is 3.37. The molecule has 2 aromatic rings. The molecule has 0 bridgehead atoms. The molecular formula is C19H25N3O2S. The van der Waals surface area contributed by atoms with E-state index in [9.17, 15) is 8.42 Å². The molecule has 25 heavy (non-hydrogen) atoms. The van der Waals surface area contributed by atoms with E-state index >= 15 is 0 Å². The largest absolute Gasteiger partial charge is 0.326 e. The van der Waals surface area contributed by atoms with Gasteiger partial charge in [-0.25, -0.2) is 12.7 Å². The van der Waals surface area contributed by atoms with E-state index in [1.165, 1.54) is 9.87 Å². The summed E-state index contributed by atoms with van der Waals surface area (Å²) >= 11 is 0. The van der Waals surface area contributed by atoms with Crippen molar-refractivity contribution >= 4 is 10.0 Å². The molecule has 0 amide bonds. The first-order valence-electron chi connectivity index (χ1n) is 8.42. The van der Waals surface area contributed by atoms with Crippen LogP contribution >= 0.6 is 0 Å². The van der Waals surface area contributed by atoms with Gasteiger partial charge in [0.05, 0.1) is 4.90 Å². The van der Waals surface area contributed by atoms with Crippen molar-refractivity contribution in [1.82, 2.24) is 9.21 Å². The number of hydrogen-bond donors (Lipinski definition) is 1. The molecule has 0 aliphatic carbocycles. The maximum absolute atomic E-state index is 12.3. The van der Waals surface area contributed by atoms with Gasteiger partial charge in [-0.15, -0.1) is 0 Å². The van der Waals surface area contributed by atoms with Crippen molar-refractivity contribution in [2.24, 2.45) is 5.73 Å². The zero-order valence-corrected chi connectivity index (χ0v) is 15.5. The topological polar surface area (TPSA) is 66.6 Å². The summed E-state index contributed by atoms with van der Waals surface area (Å²) in [7, 11) is -0.312. The first kappa shape index (κ1) is 18.1. The maximum Gasteiger partial charge on any atom is 0.242 e. The number of hydrogen-bond acceptors (Lipinski definition) is 4. The first-order chi connectivity index (χ1) is 11.9. The summed E-state index contributed by atoms with van der Waals surface area (Å²) in [6.45, 7) is 2.40. The molecule has 134 valence electrons. The van der Waals surface area contributed by atoms with Gasteiger partial charge in [0.1, 0.15) is 0 Å². The third-order valence-electron chi connectivity index (χ3n) is 4.75. The molecule has 2 atom stereocenters. The van der Waals surface area contributed by atoms with E-state index in [4.69, 9.17) is 5.73 Å². The third-order valence-corrected chi connectivity index (χ3v) is 6.56. The van der Waals surface area contributed by atoms with Gasteiger partial charge >= 0.3 is 0 Å². The van der Waals surface area contributed by atoms with Crippen LogP contribution in [0.4, 0.5) is 0 Å². The predicted octanol–water partition coefficient (Wildman–Crippen LogP) is 1.86. The van der Waals surface area contributed by atoms with Crippen LogP contribution < -0.4 is 5.73 Å². The number of benzene rings is 2. The summed E-state index contributed by atoms with van der Waals surface area (Å²) in [6, 6.07) is 17.6. The van der Waals surface area contributed by atoms with Crippen LogP contribution in [0.2, 0.25) is 0 Å². The lowest BCUT2D eigenvalue weighted by Gasteiger charge is -2.17. The van der Waals surface area contributed by atoms with Gasteiger partial charge in [0, 0.05) is 45.7 Å². The minimum atomic E-state index is -3.41. The molecule has 3 rings (SSSR count). The van der Waals surface area contributed by atoms with Crippen molar-refractivity contribution in [1.29, 1.82) is 0 Å². The molecule has 0 aromatic heterocycles. The highest BCUT2D eigenvalue weighted by atomic mass is 32.2. The Labute approximate surface area is 150 Å². The molecule has 0 spiro atoms. The van der Waals surface area contributed by atoms with E-state index in [2.05, 4.69) is 17.0 Å². The molecule has 0 unspecified atom stereocenters. The lowest BCUT2D eigenvalue weighted by atomic mass is 9.95. The van der Waals surface area contributed by atoms with Gasteiger partial charge in [-0.3, -0.25) is 4.90 Å². The van der Waals surface area contributed by atoms with Crippen molar-refractivity contribution in [3.05, 3.63) is 65.7 Å². The minimum Gasteiger partial charge on any atom is -0.326 e. The van der Waals surface area contributed by atoms with Gasteiger partial charge in [-0.2, -0.15) is 0 Å². The highest BCUT2D eigenvalue weighted by Crippen LogP contribution is 2.27. The lowest BCUT2D eigenvalue weighted by Crippen LogP contribution is -2.28. The summed E-state index contributed by atoms with van der Waals surface area (Å²) < 4.78 is 25.8. The van der Waals surface area contributed by atoms with E-state index in [1.54, 1.807) is 32.3 Å². The van der Waals surface area contributed by atoms with Crippen molar-refractivity contribution in [2.45, 2.75) is 23.4 Å². The first-order valence-corrected chi connectivity index (χ1v) is 9.86. The summed E-state index contributed by atoms with van der Waals surface area (Å²) in [5, 5.41) is 0. The standard InChI is InChI=1S/C19H25N3O2S/c1-21(2)25(23,24)17-10-6-7-15(11-17)12-22-13-18(19(20)14-22)16-8-4-3-5-9-16/h3-11,18-19H,12-14,20H2,1-2H3/t18-,19+/m0/s1. The molecule has 2 N–H and O–H groups in total. The monoisotopic (exact) mass is 359 g/mol. The number of nitrogens with zero attached hydrogens (tertiary/aromatic N) is 2. The fraction of sp³-hybridized carbons (Fsp3) is 0.368. The second kappa shape index (κ2) is 7.25. The van der Waals surface area contributed by atoms with Crippen molar-refractivity contribution in [2.75, 3.05) is 27.2 Å². The van der Waals surface area contributed by atoms with Crippen molar-refractivity contribution in [3.8, 4) is 0 Å². The molecule has 1 aliphatic heterocycles. The van der Waals surface area contributed by atoms with Gasteiger partial charge in [0.2, 0.25) is 10.0 Å². The Balaban J connectivity index is 1.74. The van der Waals surface area contributed by atoms with Crippen LogP contribution in [-0.2, 0) is 16.6 Å². The normalized spacial score (nSPS) is 21.8. The molecule has 1 aliphatic rings. The molecule has 1 fully saturated rings. The average molecular weight is 359 g/mol. The molecular weight excluding hydrogens is 334 g/mol. The molecule has 0 radical (unpaired) electrons. The number of likely N-dealkylation sites (tertiary alicyclic amines) is 1. The van der Waals surface area contributed by atoms with Gasteiger partial charge in [-0.05, 0) is 23.3 Å². The Morgan fingerprint density at radius 3 is 2.48 bits per heavy atom. The Morgan fingerprint density at radius 2 is 1.80 bits per heavy atom. The van der Waals surface area contributed by atoms with Crippen LogP contribution in [0.3, 0.4) is 0 Å². The second-order valence-corrected chi connectivity index (χ2v) is 8.96. The third kappa shape index (κ3) is 3.93. The zero-order valence-electron chi connectivity index (χ0n) is 14.7. The highest BCUT2D eigenvalue weighted by Gasteiger charge is 2.31. The smallest absolute Gasteiger partial charge is 0.242 e. The quantitative estimate of drug-likeness (QED) is 0.885. The van der Waals surface area contributed by atoms with Gasteiger partial charge in [0.25, 0.3) is 0 Å². The molecule has 1 heterocycles. The molecule has 2 aromatic carbocycles. The minimum absolute atomic E-state index is 0.0936. The van der Waals surface area contributed by atoms with E-state index < -0.39 is 10.0 Å². The average Bonchev–Trinajstić information content (AvgIpc) is 2.96. The zero-order chi connectivity index (χ0) is 18.0. The van der Waals surface area contributed by atoms with Gasteiger partial charge in [-0.1, -0.05) is 42.5 Å². The van der Waals surface area contributed by atoms with Crippen LogP contribution in [0.25, 0.3) is 0 Å². The van der Waals surface area contributed by atoms with Crippen LogP contribution in [0.15, 0.2) is 59.5 Å². The molecule has 6 heteroatoms. The van der Waals surface area contributed by atoms with E-state index in [1.807, 2.05) is 24.3 Å². The van der Waals surface area contributed by atoms with Crippen molar-refractivity contribution in [3.63, 3.8) is 0 Å². The number of rotatable bonds is 5. The Bertz CT molecular complexity index is 822. The van der Waals surface area contributed by atoms with Gasteiger partial charge < -0.3 is 5.73 Å². The van der Waals surface area contributed by atoms with Crippen LogP contribution in [0.1, 0.15) is 17.0 Å². The Kier molecular flexibility index (Phi) is 5.24. The van der Waals surface area contributed by atoms with E-state index in [0.29, 0.717) is 17.4 Å². The summed E-state index contributed by atoms with van der Waals surface area (Å²) in [5.41, 5.74) is 8.60. The van der Waals surface area contributed by atoms with Crippen LogP contribution in [0, 0.1) is 0 Å². The van der Waals surface area contributed by atoms with Crippen LogP contribution in [-0.4, -0.2) is 50.8 Å². The number of sulfonamides is 1. The fourth-order valence-corrected chi connectivity index (χ4v) is 4.34. The summed E-state index contributed by atoms with van der Waals surface area (Å²) in [6.07, 6.45) is 0. The molecule has 1 saturated heterocycles. The highest BCUT2D eigenvalue weighted by molar-refractivity contribution is 7.89. The van der Waals surface area contributed by atoms with Crippen LogP contribution in [0.5, 0.6) is 0 Å². The summed E-state index contributed by atoms with van der Waals surface area (Å²) in [4.78, 5) is 2.63. The summed E-state index contributed by atoms with van der Waals surface area (Å²) in [5.74, 6) is 0.315. The molecule has 0 saturated carbocycles.